The molecule has 14 heavy (non-hydrogen) atoms. The van der Waals surface area contributed by atoms with Crippen LogP contribution in [0.3, 0.4) is 0 Å². The SMILES string of the molecule is COc1ccc(OC)c(CCCF)c1. The minimum Gasteiger partial charge on any atom is -0.497 e. The standard InChI is InChI=1S/C11H15FO2/c1-13-10-5-6-11(14-2)9(8-10)4-3-7-12/h5-6,8H,3-4,7H2,1-2H3. The summed E-state index contributed by atoms with van der Waals surface area (Å²) in [6.07, 6.45) is 1.19. The molecule has 0 amide bonds. The van der Waals surface area contributed by atoms with Crippen molar-refractivity contribution in [2.24, 2.45) is 0 Å². The van der Waals surface area contributed by atoms with E-state index in [4.69, 9.17) is 9.47 Å². The predicted octanol–water partition coefficient (Wildman–Crippen LogP) is 2.61. The first-order valence-corrected chi connectivity index (χ1v) is 4.58. The lowest BCUT2D eigenvalue weighted by Gasteiger charge is -2.09. The van der Waals surface area contributed by atoms with Gasteiger partial charge in [-0.1, -0.05) is 0 Å². The third-order valence-electron chi connectivity index (χ3n) is 2.07. The summed E-state index contributed by atoms with van der Waals surface area (Å²) in [4.78, 5) is 0. The molecule has 0 aliphatic carbocycles. The van der Waals surface area contributed by atoms with Crippen LogP contribution < -0.4 is 9.47 Å². The van der Waals surface area contributed by atoms with Gasteiger partial charge in [0.2, 0.25) is 0 Å². The van der Waals surface area contributed by atoms with Gasteiger partial charge < -0.3 is 9.47 Å². The van der Waals surface area contributed by atoms with Crippen molar-refractivity contribution in [1.82, 2.24) is 0 Å². The number of methoxy groups -OCH3 is 2. The average Bonchev–Trinajstić information content (AvgIpc) is 2.25. The highest BCUT2D eigenvalue weighted by Crippen LogP contribution is 2.24. The van der Waals surface area contributed by atoms with Gasteiger partial charge in [0.25, 0.3) is 0 Å². The number of hydrogen-bond acceptors (Lipinski definition) is 2. The summed E-state index contributed by atoms with van der Waals surface area (Å²) >= 11 is 0. The van der Waals surface area contributed by atoms with Gasteiger partial charge in [-0.05, 0) is 36.6 Å². The molecule has 1 rings (SSSR count). The van der Waals surface area contributed by atoms with E-state index in [1.807, 2.05) is 18.2 Å². The first-order chi connectivity index (χ1) is 6.81. The molecule has 0 spiro atoms. The minimum absolute atomic E-state index is 0.305. The zero-order valence-electron chi connectivity index (χ0n) is 8.55. The fourth-order valence-corrected chi connectivity index (χ4v) is 1.33. The summed E-state index contributed by atoms with van der Waals surface area (Å²) in [6, 6.07) is 5.55. The molecule has 0 aliphatic heterocycles. The number of rotatable bonds is 5. The lowest BCUT2D eigenvalue weighted by molar-refractivity contribution is 0.396. The number of aryl methyl sites for hydroxylation is 1. The average molecular weight is 198 g/mol. The van der Waals surface area contributed by atoms with Crippen LogP contribution in [0.15, 0.2) is 18.2 Å². The third kappa shape index (κ3) is 2.62. The Morgan fingerprint density at radius 2 is 2.00 bits per heavy atom. The lowest BCUT2D eigenvalue weighted by Crippen LogP contribution is -1.94. The van der Waals surface area contributed by atoms with Crippen LogP contribution in [0.5, 0.6) is 11.5 Å². The van der Waals surface area contributed by atoms with Crippen LogP contribution in [0.1, 0.15) is 12.0 Å². The maximum atomic E-state index is 12.0. The Balaban J connectivity index is 2.84. The smallest absolute Gasteiger partial charge is 0.122 e. The third-order valence-corrected chi connectivity index (χ3v) is 2.07. The van der Waals surface area contributed by atoms with Gasteiger partial charge in [0.05, 0.1) is 20.9 Å². The number of ether oxygens (including phenoxy) is 2. The van der Waals surface area contributed by atoms with E-state index in [-0.39, 0.29) is 6.67 Å². The second kappa shape index (κ2) is 5.47. The Morgan fingerprint density at radius 1 is 1.21 bits per heavy atom. The Hall–Kier alpha value is -1.25. The molecule has 0 fully saturated rings. The Bertz CT molecular complexity index is 287. The van der Waals surface area contributed by atoms with Gasteiger partial charge in [0.1, 0.15) is 11.5 Å². The van der Waals surface area contributed by atoms with Crippen LogP contribution in [0.2, 0.25) is 0 Å². The Morgan fingerprint density at radius 3 is 2.57 bits per heavy atom. The molecule has 0 bridgehead atoms. The molecule has 0 aromatic heterocycles. The molecular formula is C11H15FO2. The Kier molecular flexibility index (Phi) is 4.23. The van der Waals surface area contributed by atoms with Crippen molar-refractivity contribution in [2.75, 3.05) is 20.9 Å². The summed E-state index contributed by atoms with van der Waals surface area (Å²) in [7, 11) is 3.22. The van der Waals surface area contributed by atoms with Gasteiger partial charge in [-0.15, -0.1) is 0 Å². The van der Waals surface area contributed by atoms with Gasteiger partial charge in [0.15, 0.2) is 0 Å². The summed E-state index contributed by atoms with van der Waals surface area (Å²) in [5, 5.41) is 0. The molecule has 78 valence electrons. The quantitative estimate of drug-likeness (QED) is 0.724. The van der Waals surface area contributed by atoms with Crippen LogP contribution in [-0.4, -0.2) is 20.9 Å². The van der Waals surface area contributed by atoms with Crippen molar-refractivity contribution in [3.63, 3.8) is 0 Å². The van der Waals surface area contributed by atoms with Crippen LogP contribution in [-0.2, 0) is 6.42 Å². The summed E-state index contributed by atoms with van der Waals surface area (Å²) in [6.45, 7) is -0.305. The highest BCUT2D eigenvalue weighted by Gasteiger charge is 2.04. The van der Waals surface area contributed by atoms with Crippen molar-refractivity contribution in [1.29, 1.82) is 0 Å². The normalized spacial score (nSPS) is 9.93. The molecule has 0 saturated carbocycles. The molecule has 0 atom stereocenters. The first kappa shape index (κ1) is 10.8. The maximum Gasteiger partial charge on any atom is 0.122 e. The highest BCUT2D eigenvalue weighted by molar-refractivity contribution is 5.40. The Labute approximate surface area is 83.6 Å². The first-order valence-electron chi connectivity index (χ1n) is 4.58. The summed E-state index contributed by atoms with van der Waals surface area (Å²) in [5.41, 5.74) is 0.990. The molecule has 0 heterocycles. The largest absolute Gasteiger partial charge is 0.497 e. The molecule has 0 N–H and O–H groups in total. The summed E-state index contributed by atoms with van der Waals surface area (Å²) in [5.74, 6) is 1.57. The highest BCUT2D eigenvalue weighted by atomic mass is 19.1. The van der Waals surface area contributed by atoms with E-state index in [1.165, 1.54) is 0 Å². The lowest BCUT2D eigenvalue weighted by atomic mass is 10.1. The van der Waals surface area contributed by atoms with Gasteiger partial charge in [-0.2, -0.15) is 0 Å². The van der Waals surface area contributed by atoms with Gasteiger partial charge in [0, 0.05) is 0 Å². The van der Waals surface area contributed by atoms with Crippen LogP contribution in [0.25, 0.3) is 0 Å². The number of benzene rings is 1. The van der Waals surface area contributed by atoms with E-state index in [0.717, 1.165) is 17.1 Å². The van der Waals surface area contributed by atoms with E-state index in [9.17, 15) is 4.39 Å². The number of alkyl halides is 1. The second-order valence-electron chi connectivity index (χ2n) is 2.97. The molecule has 0 aliphatic rings. The number of hydrogen-bond donors (Lipinski definition) is 0. The maximum absolute atomic E-state index is 12.0. The molecular weight excluding hydrogens is 183 g/mol. The van der Waals surface area contributed by atoms with Crippen molar-refractivity contribution >= 4 is 0 Å². The number of halogens is 1. The second-order valence-corrected chi connectivity index (χ2v) is 2.97. The molecule has 0 saturated heterocycles. The molecule has 0 unspecified atom stereocenters. The van der Waals surface area contributed by atoms with Crippen molar-refractivity contribution < 1.29 is 13.9 Å². The van der Waals surface area contributed by atoms with Gasteiger partial charge in [-0.25, -0.2) is 0 Å². The topological polar surface area (TPSA) is 18.5 Å². The van der Waals surface area contributed by atoms with Crippen molar-refractivity contribution in [3.8, 4) is 11.5 Å². The predicted molar refractivity (Wildman–Crippen MR) is 53.8 cm³/mol. The van der Waals surface area contributed by atoms with Gasteiger partial charge in [-0.3, -0.25) is 4.39 Å². The van der Waals surface area contributed by atoms with Crippen LogP contribution >= 0.6 is 0 Å². The minimum atomic E-state index is -0.305. The molecule has 1 aromatic carbocycles. The fraction of sp³-hybridized carbons (Fsp3) is 0.455. The van der Waals surface area contributed by atoms with Gasteiger partial charge >= 0.3 is 0 Å². The fourth-order valence-electron chi connectivity index (χ4n) is 1.33. The van der Waals surface area contributed by atoms with E-state index in [1.54, 1.807) is 14.2 Å². The van der Waals surface area contributed by atoms with E-state index in [0.29, 0.717) is 12.8 Å². The monoisotopic (exact) mass is 198 g/mol. The van der Waals surface area contributed by atoms with Crippen LogP contribution in [0, 0.1) is 0 Å². The molecule has 3 heteroatoms. The van der Waals surface area contributed by atoms with Crippen molar-refractivity contribution in [3.05, 3.63) is 23.8 Å². The molecule has 2 nitrogen and oxygen atoms in total. The van der Waals surface area contributed by atoms with Crippen LogP contribution in [0.4, 0.5) is 4.39 Å². The zero-order chi connectivity index (χ0) is 10.4. The van der Waals surface area contributed by atoms with E-state index in [2.05, 4.69) is 0 Å². The molecule has 1 aromatic rings. The van der Waals surface area contributed by atoms with E-state index >= 15 is 0 Å². The summed E-state index contributed by atoms with van der Waals surface area (Å²) < 4.78 is 22.3. The zero-order valence-corrected chi connectivity index (χ0v) is 8.55. The van der Waals surface area contributed by atoms with Crippen molar-refractivity contribution in [2.45, 2.75) is 12.8 Å². The van der Waals surface area contributed by atoms with E-state index < -0.39 is 0 Å². The molecule has 0 radical (unpaired) electrons.